The number of hydrogen-bond acceptors (Lipinski definition) is 5. The first kappa shape index (κ1) is 24.6. The van der Waals surface area contributed by atoms with Gasteiger partial charge in [0.05, 0.1) is 30.3 Å². The van der Waals surface area contributed by atoms with Gasteiger partial charge in [0.25, 0.3) is 0 Å². The van der Waals surface area contributed by atoms with Gasteiger partial charge in [0, 0.05) is 5.69 Å². The van der Waals surface area contributed by atoms with E-state index < -0.39 is 6.03 Å². The molecule has 186 valence electrons. The van der Waals surface area contributed by atoms with E-state index in [4.69, 9.17) is 9.47 Å². The Labute approximate surface area is 209 Å². The summed E-state index contributed by atoms with van der Waals surface area (Å²) < 4.78 is 11.0. The zero-order valence-corrected chi connectivity index (χ0v) is 20.2. The molecule has 2 N–H and O–H groups in total. The molecule has 4 rings (SSSR count). The van der Waals surface area contributed by atoms with Gasteiger partial charge in [-0.05, 0) is 62.4 Å². The number of fused-ring (bicyclic) bond motifs is 1. The molecule has 9 nitrogen and oxygen atoms in total. The SMILES string of the molecule is CCOc1ccc(NC(=O)N2CC(=O)N(CC(=O)Nc3ccccc3OCC)c3ccccc32)cc1. The van der Waals surface area contributed by atoms with Crippen molar-refractivity contribution in [1.29, 1.82) is 0 Å². The number of hydrogen-bond donors (Lipinski definition) is 2. The lowest BCUT2D eigenvalue weighted by Gasteiger charge is -2.35. The molecule has 9 heteroatoms. The van der Waals surface area contributed by atoms with E-state index in [1.807, 2.05) is 19.9 Å². The van der Waals surface area contributed by atoms with Gasteiger partial charge in [0.15, 0.2) is 0 Å². The Hall–Kier alpha value is -4.53. The molecule has 36 heavy (non-hydrogen) atoms. The second-order valence-corrected chi connectivity index (χ2v) is 7.92. The lowest BCUT2D eigenvalue weighted by Crippen LogP contribution is -2.51. The van der Waals surface area contributed by atoms with Gasteiger partial charge in [-0.1, -0.05) is 24.3 Å². The quantitative estimate of drug-likeness (QED) is 0.486. The van der Waals surface area contributed by atoms with Crippen molar-refractivity contribution in [1.82, 2.24) is 0 Å². The summed E-state index contributed by atoms with van der Waals surface area (Å²) >= 11 is 0. The molecule has 0 saturated carbocycles. The first-order chi connectivity index (χ1) is 17.5. The number of benzene rings is 3. The van der Waals surface area contributed by atoms with Gasteiger partial charge >= 0.3 is 6.03 Å². The average molecular weight is 489 g/mol. The molecule has 3 aromatic rings. The molecule has 3 aromatic carbocycles. The third-order valence-electron chi connectivity index (χ3n) is 5.48. The van der Waals surface area contributed by atoms with Crippen molar-refractivity contribution in [3.8, 4) is 11.5 Å². The number of nitrogens with one attached hydrogen (secondary N) is 2. The number of rotatable bonds is 8. The second-order valence-electron chi connectivity index (χ2n) is 7.92. The fraction of sp³-hybridized carbons (Fsp3) is 0.222. The standard InChI is InChI=1S/C27H28N4O5/c1-3-35-20-15-13-19(14-16-20)28-27(34)31-18-26(33)30(22-10-6-7-11-23(22)31)17-25(32)29-21-9-5-8-12-24(21)36-4-2/h5-16H,3-4,17-18H2,1-2H3,(H,28,34)(H,29,32). The van der Waals surface area contributed by atoms with Crippen LogP contribution < -0.4 is 29.9 Å². The van der Waals surface area contributed by atoms with Crippen molar-refractivity contribution in [2.75, 3.05) is 46.7 Å². The fourth-order valence-electron chi connectivity index (χ4n) is 3.89. The number of para-hydroxylation sites is 4. The zero-order chi connectivity index (χ0) is 25.5. The maximum Gasteiger partial charge on any atom is 0.326 e. The van der Waals surface area contributed by atoms with E-state index in [-0.39, 0.29) is 24.9 Å². The molecule has 0 radical (unpaired) electrons. The van der Waals surface area contributed by atoms with Crippen LogP contribution in [-0.2, 0) is 9.59 Å². The van der Waals surface area contributed by atoms with E-state index in [2.05, 4.69) is 10.6 Å². The van der Waals surface area contributed by atoms with Crippen LogP contribution in [0.5, 0.6) is 11.5 Å². The molecule has 0 aromatic heterocycles. The molecule has 0 spiro atoms. The molecule has 0 unspecified atom stereocenters. The number of ether oxygens (including phenoxy) is 2. The minimum absolute atomic E-state index is 0.204. The highest BCUT2D eigenvalue weighted by molar-refractivity contribution is 6.15. The number of carbonyl (C=O) groups excluding carboxylic acids is 3. The summed E-state index contributed by atoms with van der Waals surface area (Å²) in [7, 11) is 0. The number of urea groups is 1. The first-order valence-corrected chi connectivity index (χ1v) is 11.7. The van der Waals surface area contributed by atoms with E-state index in [1.54, 1.807) is 66.7 Å². The molecule has 0 fully saturated rings. The summed E-state index contributed by atoms with van der Waals surface area (Å²) in [6, 6.07) is 20.7. The largest absolute Gasteiger partial charge is 0.494 e. The lowest BCUT2D eigenvalue weighted by atomic mass is 10.1. The number of anilines is 4. The maximum absolute atomic E-state index is 13.1. The van der Waals surface area contributed by atoms with Gasteiger partial charge in [-0.25, -0.2) is 4.79 Å². The summed E-state index contributed by atoms with van der Waals surface area (Å²) in [5.74, 6) is 0.504. The molecule has 1 aliphatic rings. The summed E-state index contributed by atoms with van der Waals surface area (Å²) in [4.78, 5) is 41.8. The summed E-state index contributed by atoms with van der Waals surface area (Å²) in [6.07, 6.45) is 0. The van der Waals surface area contributed by atoms with Gasteiger partial charge in [-0.3, -0.25) is 19.4 Å². The van der Waals surface area contributed by atoms with Crippen molar-refractivity contribution < 1.29 is 23.9 Å². The molecule has 4 amide bonds. The van der Waals surface area contributed by atoms with Crippen LogP contribution in [0.2, 0.25) is 0 Å². The predicted molar refractivity (Wildman–Crippen MR) is 139 cm³/mol. The molecule has 0 atom stereocenters. The molecule has 1 heterocycles. The van der Waals surface area contributed by atoms with E-state index >= 15 is 0 Å². The monoisotopic (exact) mass is 488 g/mol. The van der Waals surface area contributed by atoms with Crippen LogP contribution in [0.1, 0.15) is 13.8 Å². The highest BCUT2D eigenvalue weighted by atomic mass is 16.5. The minimum atomic E-state index is -0.449. The zero-order valence-electron chi connectivity index (χ0n) is 20.2. The van der Waals surface area contributed by atoms with Crippen molar-refractivity contribution in [3.63, 3.8) is 0 Å². The van der Waals surface area contributed by atoms with E-state index in [9.17, 15) is 14.4 Å². The van der Waals surface area contributed by atoms with Gasteiger partial charge in [0.1, 0.15) is 24.6 Å². The maximum atomic E-state index is 13.1. The van der Waals surface area contributed by atoms with E-state index in [0.29, 0.717) is 47.5 Å². The Kier molecular flexibility index (Phi) is 7.69. The molecular weight excluding hydrogens is 460 g/mol. The summed E-state index contributed by atoms with van der Waals surface area (Å²) in [5, 5.41) is 5.63. The molecule has 0 saturated heterocycles. The highest BCUT2D eigenvalue weighted by Gasteiger charge is 2.33. The second kappa shape index (κ2) is 11.3. The Morgan fingerprint density at radius 2 is 1.50 bits per heavy atom. The smallest absolute Gasteiger partial charge is 0.326 e. The third-order valence-corrected chi connectivity index (χ3v) is 5.48. The van der Waals surface area contributed by atoms with Gasteiger partial charge in [-0.2, -0.15) is 0 Å². The van der Waals surface area contributed by atoms with Crippen molar-refractivity contribution in [2.24, 2.45) is 0 Å². The minimum Gasteiger partial charge on any atom is -0.494 e. The molecule has 0 bridgehead atoms. The Balaban J connectivity index is 1.49. The number of carbonyl (C=O) groups is 3. The van der Waals surface area contributed by atoms with Crippen molar-refractivity contribution in [2.45, 2.75) is 13.8 Å². The number of amides is 4. The predicted octanol–water partition coefficient (Wildman–Crippen LogP) is 4.51. The van der Waals surface area contributed by atoms with Gasteiger partial charge in [0.2, 0.25) is 11.8 Å². The van der Waals surface area contributed by atoms with Crippen LogP contribution in [0.4, 0.5) is 27.5 Å². The van der Waals surface area contributed by atoms with Crippen LogP contribution in [0.25, 0.3) is 0 Å². The summed E-state index contributed by atoms with van der Waals surface area (Å²) in [5.41, 5.74) is 2.11. The van der Waals surface area contributed by atoms with Crippen LogP contribution in [0.3, 0.4) is 0 Å². The van der Waals surface area contributed by atoms with Crippen molar-refractivity contribution >= 4 is 40.6 Å². The van der Waals surface area contributed by atoms with Crippen LogP contribution in [-0.4, -0.2) is 44.1 Å². The first-order valence-electron chi connectivity index (χ1n) is 11.7. The van der Waals surface area contributed by atoms with E-state index in [0.717, 1.165) is 0 Å². The number of nitrogens with zero attached hydrogens (tertiary/aromatic N) is 2. The molecule has 1 aliphatic heterocycles. The highest BCUT2D eigenvalue weighted by Crippen LogP contribution is 2.34. The van der Waals surface area contributed by atoms with Crippen molar-refractivity contribution in [3.05, 3.63) is 72.8 Å². The Morgan fingerprint density at radius 3 is 2.22 bits per heavy atom. The topological polar surface area (TPSA) is 100 Å². The van der Waals surface area contributed by atoms with Crippen LogP contribution in [0.15, 0.2) is 72.8 Å². The summed E-state index contributed by atoms with van der Waals surface area (Å²) in [6.45, 7) is 4.35. The molecular formula is C27H28N4O5. The fourth-order valence-corrected chi connectivity index (χ4v) is 3.89. The average Bonchev–Trinajstić information content (AvgIpc) is 2.88. The van der Waals surface area contributed by atoms with Crippen LogP contribution >= 0.6 is 0 Å². The molecule has 0 aliphatic carbocycles. The van der Waals surface area contributed by atoms with Gasteiger partial charge in [-0.15, -0.1) is 0 Å². The normalized spacial score (nSPS) is 12.6. The third kappa shape index (κ3) is 5.57. The van der Waals surface area contributed by atoms with E-state index in [1.165, 1.54) is 9.80 Å². The Bertz CT molecular complexity index is 1240. The van der Waals surface area contributed by atoms with Gasteiger partial charge < -0.3 is 20.1 Å². The Morgan fingerprint density at radius 1 is 0.833 bits per heavy atom. The lowest BCUT2D eigenvalue weighted by molar-refractivity contribution is -0.120. The van der Waals surface area contributed by atoms with Crippen LogP contribution in [0, 0.1) is 0 Å².